The molecule has 3 heterocycles. The summed E-state index contributed by atoms with van der Waals surface area (Å²) in [7, 11) is 0. The van der Waals surface area contributed by atoms with Crippen molar-refractivity contribution in [2.75, 3.05) is 5.32 Å². The Bertz CT molecular complexity index is 1460. The Labute approximate surface area is 178 Å². The van der Waals surface area contributed by atoms with Gasteiger partial charge < -0.3 is 5.32 Å². The van der Waals surface area contributed by atoms with Gasteiger partial charge in [0.05, 0.1) is 16.8 Å². The third-order valence-corrected chi connectivity index (χ3v) is 5.34. The highest BCUT2D eigenvalue weighted by Crippen LogP contribution is 2.30. The molecule has 6 heteroatoms. The predicted molar refractivity (Wildman–Crippen MR) is 120 cm³/mol. The van der Waals surface area contributed by atoms with Crippen LogP contribution in [0.2, 0.25) is 0 Å². The fourth-order valence-electron chi connectivity index (χ4n) is 3.76. The summed E-state index contributed by atoms with van der Waals surface area (Å²) in [6.07, 6.45) is 1.88. The summed E-state index contributed by atoms with van der Waals surface area (Å²) in [6, 6.07) is 19.7. The van der Waals surface area contributed by atoms with Crippen molar-refractivity contribution in [3.8, 4) is 11.3 Å². The lowest BCUT2D eigenvalue weighted by Crippen LogP contribution is -2.16. The Morgan fingerprint density at radius 3 is 2.58 bits per heavy atom. The van der Waals surface area contributed by atoms with Gasteiger partial charge in [0.1, 0.15) is 23.0 Å². The molecule has 1 N–H and O–H groups in total. The lowest BCUT2D eigenvalue weighted by Gasteiger charge is -2.11. The van der Waals surface area contributed by atoms with Crippen molar-refractivity contribution >= 4 is 28.3 Å². The summed E-state index contributed by atoms with van der Waals surface area (Å²) in [5.74, 6) is -0.0598. The van der Waals surface area contributed by atoms with Crippen LogP contribution < -0.4 is 5.32 Å². The monoisotopic (exact) mass is 410 g/mol. The number of aromatic nitrogens is 3. The Morgan fingerprint density at radius 2 is 1.77 bits per heavy atom. The number of fused-ring (bicyclic) bond motifs is 2. The molecule has 5 rings (SSSR count). The maximum Gasteiger partial charge on any atom is 0.258 e. The molecular weight excluding hydrogens is 391 g/mol. The van der Waals surface area contributed by atoms with Gasteiger partial charge in [0, 0.05) is 23.2 Å². The van der Waals surface area contributed by atoms with Gasteiger partial charge >= 0.3 is 0 Å². The highest BCUT2D eigenvalue weighted by molar-refractivity contribution is 6.08. The van der Waals surface area contributed by atoms with Crippen molar-refractivity contribution in [3.63, 3.8) is 0 Å². The van der Waals surface area contributed by atoms with Crippen LogP contribution in [0.25, 0.3) is 27.8 Å². The first-order valence-corrected chi connectivity index (χ1v) is 9.92. The minimum absolute atomic E-state index is 0.295. The zero-order valence-corrected chi connectivity index (χ0v) is 17.1. The Kier molecular flexibility index (Phi) is 4.47. The number of hydrogen-bond donors (Lipinski definition) is 1. The van der Waals surface area contributed by atoms with Crippen molar-refractivity contribution in [3.05, 3.63) is 95.6 Å². The van der Waals surface area contributed by atoms with Gasteiger partial charge in [0.25, 0.3) is 5.91 Å². The number of anilines is 1. The van der Waals surface area contributed by atoms with Gasteiger partial charge in [-0.1, -0.05) is 36.4 Å². The number of hydrogen-bond acceptors (Lipinski definition) is 3. The number of aryl methyl sites for hydroxylation is 2. The molecule has 0 saturated heterocycles. The maximum absolute atomic E-state index is 13.5. The lowest BCUT2D eigenvalue weighted by molar-refractivity contribution is 0.102. The molecule has 0 spiro atoms. The first-order chi connectivity index (χ1) is 15.0. The smallest absolute Gasteiger partial charge is 0.258 e. The zero-order valence-electron chi connectivity index (χ0n) is 17.1. The molecule has 2 aromatic carbocycles. The summed E-state index contributed by atoms with van der Waals surface area (Å²) in [5, 5.41) is 3.74. The van der Waals surface area contributed by atoms with Crippen LogP contribution in [-0.4, -0.2) is 20.3 Å². The van der Waals surface area contributed by atoms with Gasteiger partial charge in [-0.25, -0.2) is 9.37 Å². The van der Waals surface area contributed by atoms with Gasteiger partial charge in [0.15, 0.2) is 0 Å². The molecule has 0 radical (unpaired) electrons. The van der Waals surface area contributed by atoms with E-state index in [-0.39, 0.29) is 11.7 Å². The first kappa shape index (κ1) is 18.9. The van der Waals surface area contributed by atoms with E-state index in [1.807, 2.05) is 60.0 Å². The molecule has 31 heavy (non-hydrogen) atoms. The zero-order chi connectivity index (χ0) is 21.5. The number of pyridine rings is 2. The van der Waals surface area contributed by atoms with Crippen molar-refractivity contribution in [2.24, 2.45) is 0 Å². The summed E-state index contributed by atoms with van der Waals surface area (Å²) in [6.45, 7) is 3.73. The molecule has 0 fully saturated rings. The second-order valence-corrected chi connectivity index (χ2v) is 7.47. The minimum atomic E-state index is -0.356. The van der Waals surface area contributed by atoms with Crippen LogP contribution in [0.3, 0.4) is 0 Å². The maximum atomic E-state index is 13.5. The van der Waals surface area contributed by atoms with E-state index >= 15 is 0 Å². The van der Waals surface area contributed by atoms with Crippen LogP contribution >= 0.6 is 0 Å². The number of imidazole rings is 1. The number of rotatable bonds is 3. The standard InChI is InChI=1S/C25H19FN4O/c1-15-7-6-12-30-23(15)28-22(17-8-4-3-5-9-17)24(30)29-25(31)20-13-18-10-11-19(26)14-21(18)27-16(20)2/h3-14H,1-2H3,(H,29,31). The van der Waals surface area contributed by atoms with Crippen LogP contribution in [0.4, 0.5) is 10.2 Å². The van der Waals surface area contributed by atoms with E-state index in [0.717, 1.165) is 16.8 Å². The van der Waals surface area contributed by atoms with Gasteiger partial charge in [-0.15, -0.1) is 0 Å². The quantitative estimate of drug-likeness (QED) is 0.424. The van der Waals surface area contributed by atoms with E-state index in [1.54, 1.807) is 19.1 Å². The summed E-state index contributed by atoms with van der Waals surface area (Å²) >= 11 is 0. The van der Waals surface area contributed by atoms with Gasteiger partial charge in [-0.2, -0.15) is 0 Å². The summed E-state index contributed by atoms with van der Waals surface area (Å²) in [5.41, 5.74) is 4.86. The largest absolute Gasteiger partial charge is 0.306 e. The SMILES string of the molecule is Cc1nc2cc(F)ccc2cc1C(=O)Nc1c(-c2ccccc2)nc2c(C)cccn12. The van der Waals surface area contributed by atoms with E-state index in [0.29, 0.717) is 33.7 Å². The predicted octanol–water partition coefficient (Wildman–Crippen LogP) is 5.56. The molecule has 3 aromatic heterocycles. The van der Waals surface area contributed by atoms with Crippen LogP contribution in [0.15, 0.2) is 72.9 Å². The Hall–Kier alpha value is -4.06. The molecule has 0 aliphatic rings. The summed E-state index contributed by atoms with van der Waals surface area (Å²) in [4.78, 5) is 22.5. The summed E-state index contributed by atoms with van der Waals surface area (Å²) < 4.78 is 15.4. The molecular formula is C25H19FN4O. The molecule has 0 aliphatic heterocycles. The Morgan fingerprint density at radius 1 is 0.968 bits per heavy atom. The third kappa shape index (κ3) is 3.32. The average Bonchev–Trinajstić information content (AvgIpc) is 3.13. The van der Waals surface area contributed by atoms with Crippen molar-refractivity contribution in [1.82, 2.24) is 14.4 Å². The van der Waals surface area contributed by atoms with E-state index in [9.17, 15) is 9.18 Å². The average molecular weight is 410 g/mol. The molecule has 0 bridgehead atoms. The highest BCUT2D eigenvalue weighted by Gasteiger charge is 2.20. The van der Waals surface area contributed by atoms with Gasteiger partial charge in [-0.05, 0) is 43.7 Å². The Balaban J connectivity index is 1.63. The normalized spacial score (nSPS) is 11.2. The molecule has 152 valence electrons. The number of halogens is 1. The lowest BCUT2D eigenvalue weighted by atomic mass is 10.1. The van der Waals surface area contributed by atoms with Crippen LogP contribution in [-0.2, 0) is 0 Å². The molecule has 5 aromatic rings. The second-order valence-electron chi connectivity index (χ2n) is 7.47. The van der Waals surface area contributed by atoms with Gasteiger partial charge in [0.2, 0.25) is 0 Å². The van der Waals surface area contributed by atoms with Crippen LogP contribution in [0, 0.1) is 19.7 Å². The van der Waals surface area contributed by atoms with E-state index in [1.165, 1.54) is 12.1 Å². The molecule has 0 atom stereocenters. The second kappa shape index (κ2) is 7.32. The van der Waals surface area contributed by atoms with E-state index < -0.39 is 0 Å². The van der Waals surface area contributed by atoms with Crippen LogP contribution in [0.5, 0.6) is 0 Å². The van der Waals surface area contributed by atoms with Gasteiger partial charge in [-0.3, -0.25) is 14.2 Å². The van der Waals surface area contributed by atoms with E-state index in [4.69, 9.17) is 4.98 Å². The molecule has 5 nitrogen and oxygen atoms in total. The number of amides is 1. The number of benzene rings is 2. The minimum Gasteiger partial charge on any atom is -0.306 e. The van der Waals surface area contributed by atoms with Crippen molar-refractivity contribution < 1.29 is 9.18 Å². The molecule has 0 unspecified atom stereocenters. The first-order valence-electron chi connectivity index (χ1n) is 9.92. The number of carbonyl (C=O) groups excluding carboxylic acids is 1. The fraction of sp³-hybridized carbons (Fsp3) is 0.0800. The van der Waals surface area contributed by atoms with Crippen molar-refractivity contribution in [1.29, 1.82) is 0 Å². The highest BCUT2D eigenvalue weighted by atomic mass is 19.1. The number of carbonyl (C=O) groups is 1. The number of nitrogens with one attached hydrogen (secondary N) is 1. The van der Waals surface area contributed by atoms with Crippen molar-refractivity contribution in [2.45, 2.75) is 13.8 Å². The molecule has 0 saturated carbocycles. The van der Waals surface area contributed by atoms with Crippen LogP contribution in [0.1, 0.15) is 21.6 Å². The molecule has 0 aliphatic carbocycles. The molecule has 1 amide bonds. The topological polar surface area (TPSA) is 59.3 Å². The van der Waals surface area contributed by atoms with E-state index in [2.05, 4.69) is 10.3 Å². The third-order valence-electron chi connectivity index (χ3n) is 5.34. The fourth-order valence-corrected chi connectivity index (χ4v) is 3.76. The number of nitrogens with zero attached hydrogens (tertiary/aromatic N) is 3.